The van der Waals surface area contributed by atoms with Crippen molar-refractivity contribution in [1.82, 2.24) is 4.98 Å². The van der Waals surface area contributed by atoms with Crippen molar-refractivity contribution in [2.75, 3.05) is 29.5 Å². The highest BCUT2D eigenvalue weighted by Gasteiger charge is 2.19. The average Bonchev–Trinajstić information content (AvgIpc) is 2.50. The molecule has 2 rings (SSSR count). The van der Waals surface area contributed by atoms with E-state index in [1.807, 2.05) is 11.0 Å². The highest BCUT2D eigenvalue weighted by Crippen LogP contribution is 2.16. The minimum atomic E-state index is -2.88. The molecular formula is C11H15N3O2S2. The first kappa shape index (κ1) is 13.2. The summed E-state index contributed by atoms with van der Waals surface area (Å²) in [6.07, 6.45) is 2.34. The molecule has 1 saturated heterocycles. The first-order valence-electron chi connectivity index (χ1n) is 5.69. The van der Waals surface area contributed by atoms with Gasteiger partial charge in [0.1, 0.15) is 4.99 Å². The van der Waals surface area contributed by atoms with Crippen LogP contribution in [0.1, 0.15) is 12.1 Å². The van der Waals surface area contributed by atoms with Gasteiger partial charge in [-0.1, -0.05) is 12.2 Å². The molecule has 0 amide bonds. The van der Waals surface area contributed by atoms with Crippen LogP contribution in [0, 0.1) is 0 Å². The van der Waals surface area contributed by atoms with E-state index in [0.717, 1.165) is 12.2 Å². The molecule has 0 radical (unpaired) electrons. The van der Waals surface area contributed by atoms with Gasteiger partial charge in [-0.25, -0.2) is 8.42 Å². The zero-order valence-electron chi connectivity index (χ0n) is 9.87. The Morgan fingerprint density at radius 1 is 1.33 bits per heavy atom. The van der Waals surface area contributed by atoms with Crippen LogP contribution in [0.4, 0.5) is 5.69 Å². The van der Waals surface area contributed by atoms with Crippen molar-refractivity contribution < 1.29 is 8.42 Å². The number of nitrogens with zero attached hydrogens (tertiary/aromatic N) is 2. The van der Waals surface area contributed by atoms with Crippen LogP contribution >= 0.6 is 12.2 Å². The Labute approximate surface area is 112 Å². The van der Waals surface area contributed by atoms with E-state index in [9.17, 15) is 8.42 Å². The van der Waals surface area contributed by atoms with Gasteiger partial charge in [0.2, 0.25) is 0 Å². The zero-order valence-corrected chi connectivity index (χ0v) is 11.5. The SMILES string of the molecule is NC(=S)c1ccc(N2CCCS(=O)(=O)CC2)cn1. The summed E-state index contributed by atoms with van der Waals surface area (Å²) >= 11 is 4.84. The number of sulfone groups is 1. The molecule has 1 fully saturated rings. The molecule has 0 unspecified atom stereocenters. The molecule has 1 aliphatic rings. The molecule has 0 aromatic carbocycles. The highest BCUT2D eigenvalue weighted by atomic mass is 32.2. The summed E-state index contributed by atoms with van der Waals surface area (Å²) in [6.45, 7) is 1.24. The zero-order chi connectivity index (χ0) is 13.2. The lowest BCUT2D eigenvalue weighted by Crippen LogP contribution is -2.27. The topological polar surface area (TPSA) is 76.3 Å². The maximum atomic E-state index is 11.5. The molecule has 0 saturated carbocycles. The first-order chi connectivity index (χ1) is 8.48. The van der Waals surface area contributed by atoms with Gasteiger partial charge in [0, 0.05) is 13.1 Å². The van der Waals surface area contributed by atoms with Crippen LogP contribution in [-0.4, -0.2) is 43.0 Å². The normalized spacial score (nSPS) is 19.2. The quantitative estimate of drug-likeness (QED) is 0.790. The molecule has 2 heterocycles. The second kappa shape index (κ2) is 5.19. The molecule has 2 N–H and O–H groups in total. The third-order valence-electron chi connectivity index (χ3n) is 2.92. The Bertz CT molecular complexity index is 540. The van der Waals surface area contributed by atoms with Gasteiger partial charge in [-0.15, -0.1) is 0 Å². The van der Waals surface area contributed by atoms with Crippen LogP contribution < -0.4 is 10.6 Å². The van der Waals surface area contributed by atoms with Gasteiger partial charge in [0.05, 0.1) is 29.1 Å². The van der Waals surface area contributed by atoms with Crippen molar-refractivity contribution in [2.24, 2.45) is 5.73 Å². The maximum absolute atomic E-state index is 11.5. The minimum absolute atomic E-state index is 0.198. The van der Waals surface area contributed by atoms with E-state index in [1.165, 1.54) is 0 Å². The van der Waals surface area contributed by atoms with Crippen molar-refractivity contribution >= 4 is 32.7 Å². The van der Waals surface area contributed by atoms with Crippen molar-refractivity contribution in [3.63, 3.8) is 0 Å². The van der Waals surface area contributed by atoms with Crippen LogP contribution in [0.2, 0.25) is 0 Å². The number of pyridine rings is 1. The minimum Gasteiger partial charge on any atom is -0.388 e. The van der Waals surface area contributed by atoms with E-state index in [-0.39, 0.29) is 16.5 Å². The van der Waals surface area contributed by atoms with Gasteiger partial charge in [0.25, 0.3) is 0 Å². The third kappa shape index (κ3) is 3.17. The molecule has 1 aromatic heterocycles. The summed E-state index contributed by atoms with van der Waals surface area (Å²) in [5.41, 5.74) is 6.97. The van der Waals surface area contributed by atoms with E-state index < -0.39 is 9.84 Å². The fraction of sp³-hybridized carbons (Fsp3) is 0.455. The summed E-state index contributed by atoms with van der Waals surface area (Å²) in [6, 6.07) is 3.64. The molecule has 0 atom stereocenters. The fourth-order valence-corrected chi connectivity index (χ4v) is 3.31. The molecule has 5 nitrogen and oxygen atoms in total. The van der Waals surface area contributed by atoms with Gasteiger partial charge in [-0.3, -0.25) is 4.98 Å². The number of rotatable bonds is 2. The molecular weight excluding hydrogens is 270 g/mol. The van der Waals surface area contributed by atoms with Crippen LogP contribution in [-0.2, 0) is 9.84 Å². The fourth-order valence-electron chi connectivity index (χ4n) is 1.92. The lowest BCUT2D eigenvalue weighted by atomic mass is 10.3. The van der Waals surface area contributed by atoms with E-state index in [0.29, 0.717) is 18.7 Å². The predicted molar refractivity (Wildman–Crippen MR) is 75.6 cm³/mol. The molecule has 0 spiro atoms. The van der Waals surface area contributed by atoms with Gasteiger partial charge >= 0.3 is 0 Å². The van der Waals surface area contributed by atoms with Crippen LogP contribution in [0.3, 0.4) is 0 Å². The van der Waals surface area contributed by atoms with E-state index in [2.05, 4.69) is 4.98 Å². The summed E-state index contributed by atoms with van der Waals surface area (Å²) in [5, 5.41) is 0. The maximum Gasteiger partial charge on any atom is 0.152 e. The number of hydrogen-bond acceptors (Lipinski definition) is 5. The number of thiocarbonyl (C=S) groups is 1. The van der Waals surface area contributed by atoms with Crippen LogP contribution in [0.5, 0.6) is 0 Å². The van der Waals surface area contributed by atoms with Crippen molar-refractivity contribution in [1.29, 1.82) is 0 Å². The van der Waals surface area contributed by atoms with Gasteiger partial charge in [0.15, 0.2) is 9.84 Å². The Morgan fingerprint density at radius 3 is 2.72 bits per heavy atom. The van der Waals surface area contributed by atoms with Crippen molar-refractivity contribution in [3.8, 4) is 0 Å². The summed E-state index contributed by atoms with van der Waals surface area (Å²) < 4.78 is 23.0. The average molecular weight is 285 g/mol. The Morgan fingerprint density at radius 2 is 2.11 bits per heavy atom. The summed E-state index contributed by atoms with van der Waals surface area (Å²) in [5.74, 6) is 0.464. The summed E-state index contributed by atoms with van der Waals surface area (Å²) in [4.78, 5) is 6.46. The lowest BCUT2D eigenvalue weighted by Gasteiger charge is -2.21. The Hall–Kier alpha value is -1.21. The van der Waals surface area contributed by atoms with E-state index in [1.54, 1.807) is 12.3 Å². The molecule has 1 aliphatic heterocycles. The van der Waals surface area contributed by atoms with Crippen LogP contribution in [0.25, 0.3) is 0 Å². The monoisotopic (exact) mass is 285 g/mol. The molecule has 7 heteroatoms. The summed E-state index contributed by atoms with van der Waals surface area (Å²) in [7, 11) is -2.88. The molecule has 1 aromatic rings. The number of nitrogens with two attached hydrogens (primary N) is 1. The number of hydrogen-bond donors (Lipinski definition) is 1. The Kier molecular flexibility index (Phi) is 3.82. The van der Waals surface area contributed by atoms with Gasteiger partial charge in [-0.2, -0.15) is 0 Å². The van der Waals surface area contributed by atoms with Gasteiger partial charge in [-0.05, 0) is 18.6 Å². The lowest BCUT2D eigenvalue weighted by molar-refractivity contribution is 0.597. The second-order valence-electron chi connectivity index (χ2n) is 4.26. The van der Waals surface area contributed by atoms with E-state index >= 15 is 0 Å². The second-order valence-corrected chi connectivity index (χ2v) is 7.00. The molecule has 0 aliphatic carbocycles. The number of aromatic nitrogens is 1. The Balaban J connectivity index is 2.14. The smallest absolute Gasteiger partial charge is 0.152 e. The van der Waals surface area contributed by atoms with E-state index in [4.69, 9.17) is 18.0 Å². The molecule has 18 heavy (non-hydrogen) atoms. The molecule has 0 bridgehead atoms. The van der Waals surface area contributed by atoms with Crippen molar-refractivity contribution in [2.45, 2.75) is 6.42 Å². The van der Waals surface area contributed by atoms with Crippen LogP contribution in [0.15, 0.2) is 18.3 Å². The predicted octanol–water partition coefficient (Wildman–Crippen LogP) is 0.341. The first-order valence-corrected chi connectivity index (χ1v) is 7.92. The van der Waals surface area contributed by atoms with Crippen molar-refractivity contribution in [3.05, 3.63) is 24.0 Å². The third-order valence-corrected chi connectivity index (χ3v) is 4.85. The standard InChI is InChI=1S/C11H15N3O2S2/c12-11(17)10-3-2-9(8-13-10)14-4-1-6-18(15,16)7-5-14/h2-3,8H,1,4-7H2,(H2,12,17). The van der Waals surface area contributed by atoms with Gasteiger partial charge < -0.3 is 10.6 Å². The number of anilines is 1. The largest absolute Gasteiger partial charge is 0.388 e. The molecule has 98 valence electrons. The highest BCUT2D eigenvalue weighted by molar-refractivity contribution is 7.91.